The molecule has 0 aliphatic carbocycles. The van der Waals surface area contributed by atoms with Crippen molar-refractivity contribution >= 4 is 28.9 Å². The lowest BCUT2D eigenvalue weighted by Crippen LogP contribution is -2.22. The van der Waals surface area contributed by atoms with Crippen molar-refractivity contribution in [2.45, 2.75) is 6.18 Å². The fourth-order valence-corrected chi connectivity index (χ4v) is 2.47. The molecule has 0 unspecified atom stereocenters. The van der Waals surface area contributed by atoms with Crippen molar-refractivity contribution in [3.8, 4) is 5.69 Å². The predicted molar refractivity (Wildman–Crippen MR) is 92.7 cm³/mol. The van der Waals surface area contributed by atoms with Crippen LogP contribution < -0.4 is 10.6 Å². The van der Waals surface area contributed by atoms with E-state index in [9.17, 15) is 18.0 Å². The van der Waals surface area contributed by atoms with E-state index in [0.29, 0.717) is 11.4 Å². The van der Waals surface area contributed by atoms with Gasteiger partial charge in [0.15, 0.2) is 0 Å². The van der Waals surface area contributed by atoms with Gasteiger partial charge in [-0.15, -0.1) is 5.10 Å². The summed E-state index contributed by atoms with van der Waals surface area (Å²) in [7, 11) is 0. The van der Waals surface area contributed by atoms with Crippen LogP contribution in [0.15, 0.2) is 48.8 Å². The van der Waals surface area contributed by atoms with E-state index in [2.05, 4.69) is 26.2 Å². The molecule has 1 amide bonds. The average molecular weight is 397 g/mol. The number of benzene rings is 2. The Kier molecular flexibility index (Phi) is 5.26. The molecule has 0 bridgehead atoms. The maximum absolute atomic E-state index is 12.9. The molecule has 0 radical (unpaired) electrons. The zero-order valence-electron chi connectivity index (χ0n) is 13.5. The van der Waals surface area contributed by atoms with Crippen molar-refractivity contribution in [3.05, 3.63) is 59.4 Å². The van der Waals surface area contributed by atoms with Crippen molar-refractivity contribution < 1.29 is 18.0 Å². The fourth-order valence-electron chi connectivity index (χ4n) is 2.25. The normalized spacial score (nSPS) is 11.3. The van der Waals surface area contributed by atoms with Crippen LogP contribution in [0.25, 0.3) is 5.69 Å². The number of aromatic nitrogens is 4. The lowest BCUT2D eigenvalue weighted by molar-refractivity contribution is -0.137. The standard InChI is InChI=1S/C16H12ClF3N6O/c17-14-5-4-10(7-13(14)16(18,19)20)21-8-15(27)23-11-2-1-3-12(6-11)26-9-22-24-25-26/h1-7,9,21H,8H2,(H,23,27). The minimum Gasteiger partial charge on any atom is -0.376 e. The van der Waals surface area contributed by atoms with E-state index in [4.69, 9.17) is 11.6 Å². The van der Waals surface area contributed by atoms with Gasteiger partial charge in [0.05, 0.1) is 22.8 Å². The molecule has 3 aromatic rings. The third-order valence-electron chi connectivity index (χ3n) is 3.47. The SMILES string of the molecule is O=C(CNc1ccc(Cl)c(C(F)(F)F)c1)Nc1cccc(-n2cnnn2)c1. The van der Waals surface area contributed by atoms with E-state index >= 15 is 0 Å². The molecule has 0 aliphatic heterocycles. The molecule has 140 valence electrons. The zero-order valence-corrected chi connectivity index (χ0v) is 14.3. The molecule has 27 heavy (non-hydrogen) atoms. The van der Waals surface area contributed by atoms with Crippen molar-refractivity contribution in [2.24, 2.45) is 0 Å². The number of anilines is 2. The number of nitrogens with one attached hydrogen (secondary N) is 2. The predicted octanol–water partition coefficient (Wildman–Crippen LogP) is 3.39. The molecule has 1 heterocycles. The Morgan fingerprint density at radius 1 is 1.15 bits per heavy atom. The second-order valence-electron chi connectivity index (χ2n) is 5.40. The third kappa shape index (κ3) is 4.73. The number of tetrazole rings is 1. The Morgan fingerprint density at radius 2 is 1.96 bits per heavy atom. The minimum atomic E-state index is -4.58. The number of hydrogen-bond acceptors (Lipinski definition) is 5. The van der Waals surface area contributed by atoms with Crippen LogP contribution in [0.1, 0.15) is 5.56 Å². The summed E-state index contributed by atoms with van der Waals surface area (Å²) >= 11 is 5.56. The van der Waals surface area contributed by atoms with Gasteiger partial charge in [-0.1, -0.05) is 17.7 Å². The van der Waals surface area contributed by atoms with Crippen molar-refractivity contribution in [2.75, 3.05) is 17.2 Å². The molecule has 11 heteroatoms. The summed E-state index contributed by atoms with van der Waals surface area (Å²) < 4.78 is 40.0. The topological polar surface area (TPSA) is 84.7 Å². The van der Waals surface area contributed by atoms with Crippen LogP contribution in [-0.2, 0) is 11.0 Å². The molecule has 0 saturated heterocycles. The van der Waals surface area contributed by atoms with Gasteiger partial charge in [0.1, 0.15) is 6.33 Å². The smallest absolute Gasteiger partial charge is 0.376 e. The molecule has 3 rings (SSSR count). The lowest BCUT2D eigenvalue weighted by atomic mass is 10.2. The van der Waals surface area contributed by atoms with Gasteiger partial charge < -0.3 is 10.6 Å². The Labute approximate surface area is 156 Å². The highest BCUT2D eigenvalue weighted by Gasteiger charge is 2.33. The monoisotopic (exact) mass is 396 g/mol. The summed E-state index contributed by atoms with van der Waals surface area (Å²) in [4.78, 5) is 12.1. The fraction of sp³-hybridized carbons (Fsp3) is 0.125. The number of carbonyl (C=O) groups excluding carboxylic acids is 1. The largest absolute Gasteiger partial charge is 0.417 e. The third-order valence-corrected chi connectivity index (χ3v) is 3.80. The maximum Gasteiger partial charge on any atom is 0.417 e. The van der Waals surface area contributed by atoms with E-state index < -0.39 is 22.7 Å². The molecule has 2 aromatic carbocycles. The highest BCUT2D eigenvalue weighted by Crippen LogP contribution is 2.36. The number of halogens is 4. The summed E-state index contributed by atoms with van der Waals surface area (Å²) in [5, 5.41) is 15.7. The Morgan fingerprint density at radius 3 is 2.67 bits per heavy atom. The van der Waals surface area contributed by atoms with E-state index in [1.165, 1.54) is 17.1 Å². The summed E-state index contributed by atoms with van der Waals surface area (Å²) in [5.74, 6) is -0.438. The number of hydrogen-bond donors (Lipinski definition) is 2. The van der Waals surface area contributed by atoms with Gasteiger partial charge in [-0.2, -0.15) is 13.2 Å². The van der Waals surface area contributed by atoms with Gasteiger partial charge in [-0.25, -0.2) is 4.68 Å². The van der Waals surface area contributed by atoms with Crippen molar-refractivity contribution in [3.63, 3.8) is 0 Å². The van der Waals surface area contributed by atoms with Gasteiger partial charge in [-0.05, 0) is 46.8 Å². The molecule has 7 nitrogen and oxygen atoms in total. The Hall–Kier alpha value is -3.14. The summed E-state index contributed by atoms with van der Waals surface area (Å²) in [6.07, 6.45) is -3.17. The number of nitrogens with zero attached hydrogens (tertiary/aromatic N) is 4. The first-order valence-corrected chi connectivity index (χ1v) is 7.94. The van der Waals surface area contributed by atoms with Crippen LogP contribution in [0, 0.1) is 0 Å². The second kappa shape index (κ2) is 7.62. The van der Waals surface area contributed by atoms with Crippen LogP contribution in [0.5, 0.6) is 0 Å². The zero-order chi connectivity index (χ0) is 19.4. The summed E-state index contributed by atoms with van der Waals surface area (Å²) in [5.41, 5.74) is 0.285. The number of alkyl halides is 3. The number of carbonyl (C=O) groups is 1. The highest BCUT2D eigenvalue weighted by molar-refractivity contribution is 6.31. The first-order chi connectivity index (χ1) is 12.8. The quantitative estimate of drug-likeness (QED) is 0.690. The van der Waals surface area contributed by atoms with Crippen LogP contribution in [-0.4, -0.2) is 32.7 Å². The molecule has 2 N–H and O–H groups in total. The summed E-state index contributed by atoms with van der Waals surface area (Å²) in [6.45, 7) is -0.228. The molecule has 0 aliphatic rings. The first-order valence-electron chi connectivity index (χ1n) is 7.57. The van der Waals surface area contributed by atoms with Gasteiger partial charge in [0.25, 0.3) is 0 Å². The van der Waals surface area contributed by atoms with E-state index in [1.54, 1.807) is 24.3 Å². The second-order valence-corrected chi connectivity index (χ2v) is 5.81. The van der Waals surface area contributed by atoms with Crippen LogP contribution >= 0.6 is 11.6 Å². The highest BCUT2D eigenvalue weighted by atomic mass is 35.5. The van der Waals surface area contributed by atoms with E-state index in [0.717, 1.165) is 12.1 Å². The first kappa shape index (κ1) is 18.6. The summed E-state index contributed by atoms with van der Waals surface area (Å²) in [6, 6.07) is 10.1. The van der Waals surface area contributed by atoms with E-state index in [-0.39, 0.29) is 12.2 Å². The number of rotatable bonds is 5. The molecule has 1 aromatic heterocycles. The van der Waals surface area contributed by atoms with Gasteiger partial charge in [0, 0.05) is 11.4 Å². The number of amides is 1. The minimum absolute atomic E-state index is 0.129. The molecule has 0 spiro atoms. The van der Waals surface area contributed by atoms with Crippen LogP contribution in [0.3, 0.4) is 0 Å². The lowest BCUT2D eigenvalue weighted by Gasteiger charge is -2.12. The van der Waals surface area contributed by atoms with Crippen molar-refractivity contribution in [1.82, 2.24) is 20.2 Å². The van der Waals surface area contributed by atoms with Gasteiger partial charge in [0.2, 0.25) is 5.91 Å². The Bertz CT molecular complexity index is 946. The molecule has 0 atom stereocenters. The van der Waals surface area contributed by atoms with Crippen LogP contribution in [0.4, 0.5) is 24.5 Å². The molecular formula is C16H12ClF3N6O. The molecule has 0 saturated carbocycles. The maximum atomic E-state index is 12.9. The average Bonchev–Trinajstić information content (AvgIpc) is 3.15. The molecular weight excluding hydrogens is 385 g/mol. The van der Waals surface area contributed by atoms with Crippen molar-refractivity contribution in [1.29, 1.82) is 0 Å². The molecule has 0 fully saturated rings. The van der Waals surface area contributed by atoms with Gasteiger partial charge in [-0.3, -0.25) is 4.79 Å². The van der Waals surface area contributed by atoms with Gasteiger partial charge >= 0.3 is 6.18 Å². The Balaban J connectivity index is 1.63. The van der Waals surface area contributed by atoms with E-state index in [1.807, 2.05) is 0 Å². The van der Waals surface area contributed by atoms with Crippen LogP contribution in [0.2, 0.25) is 5.02 Å².